The molecule has 9 aromatic rings. The number of aromatic nitrogens is 2. The molecular weight excluding hydrogens is 530 g/mol. The molecule has 0 unspecified atom stereocenters. The fourth-order valence-corrected chi connectivity index (χ4v) is 6.21. The van der Waals surface area contributed by atoms with Gasteiger partial charge in [-0.2, -0.15) is 0 Å². The second-order valence-electron chi connectivity index (χ2n) is 10.7. The maximum absolute atomic E-state index is 6.29. The van der Waals surface area contributed by atoms with Gasteiger partial charge in [-0.05, 0) is 76.5 Å². The maximum atomic E-state index is 6.29. The van der Waals surface area contributed by atoms with E-state index < -0.39 is 0 Å². The minimum Gasteiger partial charge on any atom is -0.456 e. The van der Waals surface area contributed by atoms with Crippen molar-refractivity contribution in [2.75, 3.05) is 4.90 Å². The molecule has 43 heavy (non-hydrogen) atoms. The molecule has 0 fully saturated rings. The summed E-state index contributed by atoms with van der Waals surface area (Å²) >= 11 is 0. The van der Waals surface area contributed by atoms with Crippen molar-refractivity contribution in [3.8, 4) is 11.1 Å². The molecule has 5 heteroatoms. The highest BCUT2D eigenvalue weighted by Crippen LogP contribution is 2.46. The zero-order valence-corrected chi connectivity index (χ0v) is 22.9. The van der Waals surface area contributed by atoms with Gasteiger partial charge in [-0.15, -0.1) is 0 Å². The number of benzene rings is 5. The van der Waals surface area contributed by atoms with Crippen molar-refractivity contribution >= 4 is 72.0 Å². The lowest BCUT2D eigenvalue weighted by Crippen LogP contribution is -2.12. The molecular formula is C38H23N3O2. The van der Waals surface area contributed by atoms with Gasteiger partial charge in [0.15, 0.2) is 0 Å². The maximum Gasteiger partial charge on any atom is 0.227 e. The molecule has 0 saturated carbocycles. The van der Waals surface area contributed by atoms with Crippen LogP contribution in [0.4, 0.5) is 17.2 Å². The monoisotopic (exact) mass is 553 g/mol. The van der Waals surface area contributed by atoms with Crippen molar-refractivity contribution in [1.29, 1.82) is 0 Å². The van der Waals surface area contributed by atoms with Crippen LogP contribution in [0, 0.1) is 0 Å². The third kappa shape index (κ3) is 3.72. The molecule has 0 atom stereocenters. The molecule has 0 aliphatic heterocycles. The van der Waals surface area contributed by atoms with Crippen molar-refractivity contribution in [3.63, 3.8) is 0 Å². The first-order valence-corrected chi connectivity index (χ1v) is 14.2. The van der Waals surface area contributed by atoms with Gasteiger partial charge in [-0.3, -0.25) is 4.90 Å². The second-order valence-corrected chi connectivity index (χ2v) is 10.7. The van der Waals surface area contributed by atoms with Crippen LogP contribution in [0.1, 0.15) is 0 Å². The molecule has 5 aromatic carbocycles. The molecule has 4 heterocycles. The van der Waals surface area contributed by atoms with Crippen molar-refractivity contribution < 1.29 is 8.83 Å². The van der Waals surface area contributed by atoms with Crippen LogP contribution in [0.5, 0.6) is 0 Å². The fraction of sp³-hybridized carbons (Fsp3) is 0. The Kier molecular flexibility index (Phi) is 5.13. The van der Waals surface area contributed by atoms with Gasteiger partial charge in [-0.25, -0.2) is 9.97 Å². The van der Waals surface area contributed by atoms with E-state index in [2.05, 4.69) is 88.7 Å². The molecule has 0 amide bonds. The van der Waals surface area contributed by atoms with E-state index >= 15 is 0 Å². The van der Waals surface area contributed by atoms with Gasteiger partial charge in [0.1, 0.15) is 22.6 Å². The van der Waals surface area contributed by atoms with E-state index in [4.69, 9.17) is 13.8 Å². The topological polar surface area (TPSA) is 55.3 Å². The van der Waals surface area contributed by atoms with Gasteiger partial charge in [0, 0.05) is 23.5 Å². The Morgan fingerprint density at radius 3 is 2.23 bits per heavy atom. The number of rotatable bonds is 4. The molecule has 0 bridgehead atoms. The summed E-state index contributed by atoms with van der Waals surface area (Å²) in [6, 6.07) is 43.9. The Balaban J connectivity index is 1.33. The Labute approximate surface area is 246 Å². The minimum absolute atomic E-state index is 0.608. The number of nitrogens with zero attached hydrogens (tertiary/aromatic N) is 3. The highest BCUT2D eigenvalue weighted by molar-refractivity contribution is 6.16. The third-order valence-corrected chi connectivity index (χ3v) is 8.16. The van der Waals surface area contributed by atoms with Crippen molar-refractivity contribution in [2.45, 2.75) is 0 Å². The zero-order chi connectivity index (χ0) is 28.3. The molecule has 9 rings (SSSR count). The Hall–Kier alpha value is -5.94. The van der Waals surface area contributed by atoms with Gasteiger partial charge in [-0.1, -0.05) is 72.8 Å². The van der Waals surface area contributed by atoms with Crippen LogP contribution in [-0.2, 0) is 0 Å². The highest BCUT2D eigenvalue weighted by Gasteiger charge is 2.24. The van der Waals surface area contributed by atoms with E-state index in [1.807, 2.05) is 54.7 Å². The molecule has 0 saturated heterocycles. The van der Waals surface area contributed by atoms with Crippen LogP contribution in [0.2, 0.25) is 0 Å². The van der Waals surface area contributed by atoms with Crippen LogP contribution < -0.4 is 4.90 Å². The molecule has 0 spiro atoms. The SMILES string of the molecule is c1ccc(-c2ccc3cc(N(c4nccc5oc6ccccc6c45)c4cccc5oc6ncccc6c45)ccc3c2)cc1. The average Bonchev–Trinajstić information content (AvgIpc) is 3.64. The van der Waals surface area contributed by atoms with Gasteiger partial charge in [0.05, 0.1) is 21.8 Å². The Morgan fingerprint density at radius 2 is 1.28 bits per heavy atom. The first kappa shape index (κ1) is 23.7. The van der Waals surface area contributed by atoms with E-state index in [1.54, 1.807) is 6.20 Å². The summed E-state index contributed by atoms with van der Waals surface area (Å²) in [6.07, 6.45) is 3.57. The molecule has 202 valence electrons. The molecule has 0 aliphatic carbocycles. The number of hydrogen-bond acceptors (Lipinski definition) is 5. The summed E-state index contributed by atoms with van der Waals surface area (Å²) in [5.41, 5.74) is 7.32. The molecule has 4 aromatic heterocycles. The van der Waals surface area contributed by atoms with Crippen molar-refractivity contribution in [2.24, 2.45) is 0 Å². The van der Waals surface area contributed by atoms with E-state index in [-0.39, 0.29) is 0 Å². The van der Waals surface area contributed by atoms with Crippen LogP contribution in [0.25, 0.3) is 65.9 Å². The zero-order valence-electron chi connectivity index (χ0n) is 22.9. The number of fused-ring (bicyclic) bond motifs is 7. The summed E-state index contributed by atoms with van der Waals surface area (Å²) < 4.78 is 12.5. The number of hydrogen-bond donors (Lipinski definition) is 0. The van der Waals surface area contributed by atoms with Crippen LogP contribution in [0.15, 0.2) is 149 Å². The first-order chi connectivity index (χ1) is 21.3. The summed E-state index contributed by atoms with van der Waals surface area (Å²) in [7, 11) is 0. The standard InChI is InChI=1S/C38H23N3O2/c1-2-8-24(9-3-1)25-15-16-27-23-28(18-17-26(27)22-25)41(31-12-6-14-33-35(31)30-11-7-20-40-38(30)43-33)37-36-29-10-4-5-13-32(29)42-34(36)19-21-39-37/h1-23H. The molecule has 5 nitrogen and oxygen atoms in total. The number of para-hydroxylation sites is 1. The molecule has 0 radical (unpaired) electrons. The minimum atomic E-state index is 0.608. The lowest BCUT2D eigenvalue weighted by atomic mass is 10.0. The largest absolute Gasteiger partial charge is 0.456 e. The van der Waals surface area contributed by atoms with Gasteiger partial charge >= 0.3 is 0 Å². The summed E-state index contributed by atoms with van der Waals surface area (Å²) in [5.74, 6) is 0.786. The van der Waals surface area contributed by atoms with E-state index in [0.717, 1.165) is 60.9 Å². The van der Waals surface area contributed by atoms with Gasteiger partial charge in [0.2, 0.25) is 5.71 Å². The number of anilines is 3. The summed E-state index contributed by atoms with van der Waals surface area (Å²) in [6.45, 7) is 0. The molecule has 0 N–H and O–H groups in total. The number of pyridine rings is 2. The van der Waals surface area contributed by atoms with Crippen LogP contribution in [0.3, 0.4) is 0 Å². The van der Waals surface area contributed by atoms with Crippen LogP contribution >= 0.6 is 0 Å². The lowest BCUT2D eigenvalue weighted by molar-refractivity contribution is 0.654. The number of furan rings is 2. The summed E-state index contributed by atoms with van der Waals surface area (Å²) in [4.78, 5) is 11.7. The molecule has 0 aliphatic rings. The first-order valence-electron chi connectivity index (χ1n) is 14.2. The van der Waals surface area contributed by atoms with Crippen LogP contribution in [-0.4, -0.2) is 9.97 Å². The van der Waals surface area contributed by atoms with Crippen molar-refractivity contribution in [3.05, 3.63) is 140 Å². The average molecular weight is 554 g/mol. The van der Waals surface area contributed by atoms with Gasteiger partial charge in [0.25, 0.3) is 0 Å². The predicted octanol–water partition coefficient (Wildman–Crippen LogP) is 10.6. The highest BCUT2D eigenvalue weighted by atomic mass is 16.3. The van der Waals surface area contributed by atoms with Crippen molar-refractivity contribution in [1.82, 2.24) is 9.97 Å². The smallest absolute Gasteiger partial charge is 0.227 e. The van der Waals surface area contributed by atoms with E-state index in [1.165, 1.54) is 16.5 Å². The normalized spacial score (nSPS) is 11.7. The fourth-order valence-electron chi connectivity index (χ4n) is 6.21. The second kappa shape index (κ2) is 9.29. The van der Waals surface area contributed by atoms with Gasteiger partial charge < -0.3 is 8.83 Å². The van der Waals surface area contributed by atoms with E-state index in [9.17, 15) is 0 Å². The third-order valence-electron chi connectivity index (χ3n) is 8.16. The Morgan fingerprint density at radius 1 is 0.488 bits per heavy atom. The summed E-state index contributed by atoms with van der Waals surface area (Å²) in [5, 5.41) is 6.22. The predicted molar refractivity (Wildman–Crippen MR) is 174 cm³/mol. The quantitative estimate of drug-likeness (QED) is 0.217. The van der Waals surface area contributed by atoms with E-state index in [0.29, 0.717) is 5.71 Å². The lowest BCUT2D eigenvalue weighted by Gasteiger charge is -2.26. The Bertz CT molecular complexity index is 2360.